The zero-order valence-corrected chi connectivity index (χ0v) is 19.8. The van der Waals surface area contributed by atoms with Crippen LogP contribution in [0.2, 0.25) is 0 Å². The summed E-state index contributed by atoms with van der Waals surface area (Å²) in [6, 6.07) is 10.2. The lowest BCUT2D eigenvalue weighted by atomic mass is 9.86. The first-order chi connectivity index (χ1) is 16.8. The number of imidazole rings is 1. The summed E-state index contributed by atoms with van der Waals surface area (Å²) in [6.45, 7) is 5.04. The molecule has 35 heavy (non-hydrogen) atoms. The number of carbonyl (C=O) groups is 1. The average molecular weight is 475 g/mol. The normalized spacial score (nSPS) is 19.4. The minimum absolute atomic E-state index is 0.0791. The van der Waals surface area contributed by atoms with Crippen LogP contribution in [0.4, 0.5) is 0 Å². The molecule has 182 valence electrons. The molecule has 2 unspecified atom stereocenters. The van der Waals surface area contributed by atoms with Gasteiger partial charge in [-0.05, 0) is 42.0 Å². The highest BCUT2D eigenvalue weighted by molar-refractivity contribution is 5.92. The van der Waals surface area contributed by atoms with Crippen molar-refractivity contribution in [2.45, 2.75) is 39.5 Å². The fraction of sp³-hybridized carbons (Fsp3) is 0.308. The van der Waals surface area contributed by atoms with Crippen LogP contribution in [0, 0.1) is 11.8 Å². The third-order valence-electron chi connectivity index (χ3n) is 6.18. The van der Waals surface area contributed by atoms with Crippen molar-refractivity contribution in [3.63, 3.8) is 0 Å². The summed E-state index contributed by atoms with van der Waals surface area (Å²) in [5, 5.41) is 11.9. The summed E-state index contributed by atoms with van der Waals surface area (Å²) in [4.78, 5) is 33.1. The van der Waals surface area contributed by atoms with Gasteiger partial charge in [0, 0.05) is 31.2 Å². The SMILES string of the molecule is CC1C=CC(O)C[C@@H]1C.NCc1ccc2nc(CNC(=O)c3cc(=O)n4ccccc4n3)cn2c1. The number of aromatic nitrogens is 4. The fourth-order valence-electron chi connectivity index (χ4n) is 3.90. The topological polar surface area (TPSA) is 127 Å². The van der Waals surface area contributed by atoms with Crippen molar-refractivity contribution in [3.05, 3.63) is 94.4 Å². The molecule has 3 atom stereocenters. The lowest BCUT2D eigenvalue weighted by Crippen LogP contribution is -2.27. The molecule has 0 saturated carbocycles. The third-order valence-corrected chi connectivity index (χ3v) is 6.18. The number of amides is 1. The summed E-state index contributed by atoms with van der Waals surface area (Å²) in [5.41, 5.74) is 8.30. The Morgan fingerprint density at radius 2 is 1.97 bits per heavy atom. The molecule has 4 aromatic rings. The first-order valence-electron chi connectivity index (χ1n) is 11.6. The molecular formula is C26H30N6O3. The largest absolute Gasteiger partial charge is 0.389 e. The molecule has 1 aliphatic carbocycles. The van der Waals surface area contributed by atoms with Crippen molar-refractivity contribution in [2.75, 3.05) is 0 Å². The number of nitrogens with zero attached hydrogens (tertiary/aromatic N) is 4. The molecule has 0 fully saturated rings. The van der Waals surface area contributed by atoms with Crippen LogP contribution >= 0.6 is 0 Å². The Kier molecular flexibility index (Phi) is 7.38. The second-order valence-electron chi connectivity index (χ2n) is 8.85. The maximum atomic E-state index is 12.4. The number of hydrogen-bond donors (Lipinski definition) is 3. The molecule has 0 aromatic carbocycles. The number of nitrogens with one attached hydrogen (secondary N) is 1. The van der Waals surface area contributed by atoms with Crippen molar-refractivity contribution in [1.29, 1.82) is 0 Å². The molecule has 0 bridgehead atoms. The molecule has 1 aliphatic rings. The van der Waals surface area contributed by atoms with E-state index >= 15 is 0 Å². The third kappa shape index (κ3) is 5.82. The summed E-state index contributed by atoms with van der Waals surface area (Å²) in [5.74, 6) is 0.867. The van der Waals surface area contributed by atoms with Gasteiger partial charge in [-0.15, -0.1) is 0 Å². The van der Waals surface area contributed by atoms with Crippen LogP contribution in [-0.2, 0) is 13.1 Å². The number of aliphatic hydroxyl groups excluding tert-OH is 1. The monoisotopic (exact) mass is 474 g/mol. The van der Waals surface area contributed by atoms with Gasteiger partial charge in [-0.25, -0.2) is 9.97 Å². The van der Waals surface area contributed by atoms with E-state index in [9.17, 15) is 9.59 Å². The lowest BCUT2D eigenvalue weighted by Gasteiger charge is -2.23. The second-order valence-corrected chi connectivity index (χ2v) is 8.85. The van der Waals surface area contributed by atoms with Gasteiger partial charge in [0.05, 0.1) is 18.3 Å². The number of pyridine rings is 2. The van der Waals surface area contributed by atoms with E-state index < -0.39 is 5.91 Å². The highest BCUT2D eigenvalue weighted by atomic mass is 16.3. The summed E-state index contributed by atoms with van der Waals surface area (Å²) in [6.07, 6.45) is 10.1. The average Bonchev–Trinajstić information content (AvgIpc) is 3.27. The zero-order valence-electron chi connectivity index (χ0n) is 19.8. The minimum atomic E-state index is -0.423. The summed E-state index contributed by atoms with van der Waals surface area (Å²) >= 11 is 0. The van der Waals surface area contributed by atoms with E-state index in [2.05, 4.69) is 35.2 Å². The van der Waals surface area contributed by atoms with Gasteiger partial charge in [-0.3, -0.25) is 14.0 Å². The first kappa shape index (κ1) is 24.3. The van der Waals surface area contributed by atoms with Crippen molar-refractivity contribution in [2.24, 2.45) is 17.6 Å². The molecule has 4 heterocycles. The smallest absolute Gasteiger partial charge is 0.270 e. The van der Waals surface area contributed by atoms with E-state index in [0.29, 0.717) is 29.7 Å². The van der Waals surface area contributed by atoms with Gasteiger partial charge >= 0.3 is 0 Å². The first-order valence-corrected chi connectivity index (χ1v) is 11.6. The van der Waals surface area contributed by atoms with Crippen LogP contribution in [0.5, 0.6) is 0 Å². The molecule has 5 rings (SSSR count). The number of rotatable bonds is 4. The molecule has 0 spiro atoms. The lowest BCUT2D eigenvalue weighted by molar-refractivity contribution is 0.0945. The van der Waals surface area contributed by atoms with Crippen LogP contribution in [0.3, 0.4) is 0 Å². The predicted molar refractivity (Wildman–Crippen MR) is 134 cm³/mol. The van der Waals surface area contributed by atoms with Gasteiger partial charge in [0.15, 0.2) is 0 Å². The van der Waals surface area contributed by atoms with E-state index in [1.807, 2.05) is 35.0 Å². The molecule has 1 amide bonds. The van der Waals surface area contributed by atoms with Crippen LogP contribution in [0.15, 0.2) is 71.9 Å². The molecule has 4 N–H and O–H groups in total. The molecule has 0 saturated heterocycles. The number of carbonyl (C=O) groups excluding carboxylic acids is 1. The van der Waals surface area contributed by atoms with Crippen LogP contribution in [0.1, 0.15) is 42.0 Å². The maximum Gasteiger partial charge on any atom is 0.270 e. The minimum Gasteiger partial charge on any atom is -0.389 e. The van der Waals surface area contributed by atoms with Crippen LogP contribution in [-0.4, -0.2) is 35.9 Å². The maximum absolute atomic E-state index is 12.4. The van der Waals surface area contributed by atoms with E-state index in [0.717, 1.165) is 17.6 Å². The molecule has 9 heteroatoms. The number of nitrogens with two attached hydrogens (primary N) is 1. The molecule has 4 aromatic heterocycles. The van der Waals surface area contributed by atoms with Crippen molar-refractivity contribution in [3.8, 4) is 0 Å². The second kappa shape index (κ2) is 10.6. The Hall–Kier alpha value is -3.82. The number of aliphatic hydroxyl groups is 1. The van der Waals surface area contributed by atoms with Gasteiger partial charge in [-0.1, -0.05) is 38.1 Å². The van der Waals surface area contributed by atoms with E-state index in [1.54, 1.807) is 24.4 Å². The molecule has 0 radical (unpaired) electrons. The van der Waals surface area contributed by atoms with Gasteiger partial charge < -0.3 is 20.6 Å². The van der Waals surface area contributed by atoms with Gasteiger partial charge in [-0.2, -0.15) is 0 Å². The van der Waals surface area contributed by atoms with Gasteiger partial charge in [0.1, 0.15) is 17.0 Å². The number of hydrogen-bond acceptors (Lipinski definition) is 6. The molecular weight excluding hydrogens is 444 g/mol. The predicted octanol–water partition coefficient (Wildman–Crippen LogP) is 2.31. The zero-order chi connectivity index (χ0) is 24.9. The molecule has 0 aliphatic heterocycles. The van der Waals surface area contributed by atoms with E-state index in [4.69, 9.17) is 10.8 Å². The Morgan fingerprint density at radius 3 is 2.71 bits per heavy atom. The molecule has 9 nitrogen and oxygen atoms in total. The van der Waals surface area contributed by atoms with Crippen LogP contribution in [0.25, 0.3) is 11.3 Å². The van der Waals surface area contributed by atoms with Crippen molar-refractivity contribution in [1.82, 2.24) is 24.1 Å². The van der Waals surface area contributed by atoms with E-state index in [-0.39, 0.29) is 23.9 Å². The van der Waals surface area contributed by atoms with Gasteiger partial charge in [0.2, 0.25) is 0 Å². The standard InChI is InChI=1S/C18H16N6O2.C8H14O/c19-8-12-4-5-15-21-13(11-23(15)10-12)9-20-18(26)14-7-17(25)24-6-2-1-3-16(24)22-14;1-6-3-4-8(9)5-7(6)2/h1-7,10-11H,8-9,19H2,(H,20,26);3-4,6-9H,5H2,1-2H3/t;6?,7-,8?/m.0/s1. The summed E-state index contributed by atoms with van der Waals surface area (Å²) < 4.78 is 3.25. The fourth-order valence-corrected chi connectivity index (χ4v) is 3.90. The number of allylic oxidation sites excluding steroid dienone is 1. The highest BCUT2D eigenvalue weighted by Crippen LogP contribution is 2.23. The van der Waals surface area contributed by atoms with Crippen molar-refractivity contribution >= 4 is 17.2 Å². The Balaban J connectivity index is 0.000000271. The summed E-state index contributed by atoms with van der Waals surface area (Å²) in [7, 11) is 0. The number of fused-ring (bicyclic) bond motifs is 2. The highest BCUT2D eigenvalue weighted by Gasteiger charge is 2.17. The quantitative estimate of drug-likeness (QED) is 0.390. The van der Waals surface area contributed by atoms with Crippen molar-refractivity contribution < 1.29 is 9.90 Å². The van der Waals surface area contributed by atoms with Crippen LogP contribution < -0.4 is 16.6 Å². The van der Waals surface area contributed by atoms with Gasteiger partial charge in [0.25, 0.3) is 11.5 Å². The Labute approximate surface area is 203 Å². The Morgan fingerprint density at radius 1 is 1.14 bits per heavy atom. The van der Waals surface area contributed by atoms with E-state index in [1.165, 1.54) is 10.5 Å². The Bertz CT molecular complexity index is 1420.